The van der Waals surface area contributed by atoms with Gasteiger partial charge in [0.1, 0.15) is 12.2 Å². The van der Waals surface area contributed by atoms with E-state index < -0.39 is 23.6 Å². The molecule has 1 unspecified atom stereocenters. The van der Waals surface area contributed by atoms with Crippen LogP contribution in [-0.4, -0.2) is 19.9 Å². The molecular formula is C14H16F3N3O. The van der Waals surface area contributed by atoms with Crippen LogP contribution in [0.1, 0.15) is 31.3 Å². The molecule has 1 atom stereocenters. The van der Waals surface area contributed by atoms with Crippen molar-refractivity contribution in [3.05, 3.63) is 47.3 Å². The lowest BCUT2D eigenvalue weighted by molar-refractivity contribution is 0.167. The molecule has 0 fully saturated rings. The van der Waals surface area contributed by atoms with Crippen LogP contribution >= 0.6 is 0 Å². The van der Waals surface area contributed by atoms with Crippen molar-refractivity contribution in [1.29, 1.82) is 0 Å². The highest BCUT2D eigenvalue weighted by Crippen LogP contribution is 2.23. The zero-order valence-electron chi connectivity index (χ0n) is 11.7. The Morgan fingerprint density at radius 1 is 1.19 bits per heavy atom. The number of aromatic nitrogens is 3. The monoisotopic (exact) mass is 299 g/mol. The minimum Gasteiger partial charge on any atom is -0.388 e. The Kier molecular flexibility index (Phi) is 4.62. The first-order valence-electron chi connectivity index (χ1n) is 6.58. The van der Waals surface area contributed by atoms with Crippen molar-refractivity contribution in [3.8, 4) is 0 Å². The molecule has 2 aromatic rings. The zero-order valence-corrected chi connectivity index (χ0v) is 11.7. The molecule has 0 aliphatic heterocycles. The lowest BCUT2D eigenvalue weighted by Gasteiger charge is -2.14. The average Bonchev–Trinajstić information content (AvgIpc) is 2.82. The molecule has 114 valence electrons. The molecule has 1 N–H and O–H groups in total. The van der Waals surface area contributed by atoms with E-state index in [0.717, 1.165) is 12.1 Å². The highest BCUT2D eigenvalue weighted by molar-refractivity contribution is 5.23. The lowest BCUT2D eigenvalue weighted by atomic mass is 10.0. The summed E-state index contributed by atoms with van der Waals surface area (Å²) in [6.07, 6.45) is -0.0176. The largest absolute Gasteiger partial charge is 0.388 e. The van der Waals surface area contributed by atoms with E-state index in [4.69, 9.17) is 0 Å². The molecule has 0 bridgehead atoms. The highest BCUT2D eigenvalue weighted by Gasteiger charge is 2.21. The Bertz CT molecular complexity index is 628. The van der Waals surface area contributed by atoms with Gasteiger partial charge in [0.25, 0.3) is 0 Å². The molecule has 0 spiro atoms. The molecule has 0 aliphatic carbocycles. The molecule has 0 saturated heterocycles. The third-order valence-electron chi connectivity index (χ3n) is 3.03. The highest BCUT2D eigenvalue weighted by atomic mass is 19.2. The van der Waals surface area contributed by atoms with Gasteiger partial charge in [-0.25, -0.2) is 22.8 Å². The number of halogens is 3. The molecule has 0 saturated carbocycles. The lowest BCUT2D eigenvalue weighted by Crippen LogP contribution is -2.14. The number of benzene rings is 1. The van der Waals surface area contributed by atoms with Crippen molar-refractivity contribution in [2.45, 2.75) is 32.9 Å². The van der Waals surface area contributed by atoms with Crippen molar-refractivity contribution < 1.29 is 18.3 Å². The van der Waals surface area contributed by atoms with Crippen LogP contribution in [-0.2, 0) is 13.0 Å². The van der Waals surface area contributed by atoms with Gasteiger partial charge in [-0.2, -0.15) is 5.10 Å². The van der Waals surface area contributed by atoms with Gasteiger partial charge in [-0.3, -0.25) is 0 Å². The Hall–Kier alpha value is -1.89. The molecule has 0 aliphatic rings. The van der Waals surface area contributed by atoms with Gasteiger partial charge >= 0.3 is 0 Å². The summed E-state index contributed by atoms with van der Waals surface area (Å²) in [6.45, 7) is 4.59. The molecule has 1 aromatic carbocycles. The second-order valence-electron chi connectivity index (χ2n) is 5.24. The van der Waals surface area contributed by atoms with Crippen LogP contribution < -0.4 is 0 Å². The van der Waals surface area contributed by atoms with E-state index in [9.17, 15) is 18.3 Å². The van der Waals surface area contributed by atoms with Crippen LogP contribution in [0.3, 0.4) is 0 Å². The molecule has 0 amide bonds. The van der Waals surface area contributed by atoms with E-state index in [2.05, 4.69) is 10.1 Å². The fourth-order valence-corrected chi connectivity index (χ4v) is 2.03. The number of hydrogen-bond donors (Lipinski definition) is 1. The molecule has 2 rings (SSSR count). The van der Waals surface area contributed by atoms with Gasteiger partial charge in [0.15, 0.2) is 17.5 Å². The van der Waals surface area contributed by atoms with Crippen LogP contribution in [0.5, 0.6) is 0 Å². The number of hydrogen-bond acceptors (Lipinski definition) is 3. The number of aliphatic hydroxyl groups excluding tert-OH is 1. The predicted molar refractivity (Wildman–Crippen MR) is 69.8 cm³/mol. The Balaban J connectivity index is 2.21. The zero-order chi connectivity index (χ0) is 15.6. The average molecular weight is 299 g/mol. The second-order valence-corrected chi connectivity index (χ2v) is 5.24. The molecule has 1 heterocycles. The summed E-state index contributed by atoms with van der Waals surface area (Å²) >= 11 is 0. The van der Waals surface area contributed by atoms with Crippen molar-refractivity contribution in [2.24, 2.45) is 5.92 Å². The molecule has 7 heteroatoms. The van der Waals surface area contributed by atoms with Crippen LogP contribution in [0, 0.1) is 23.4 Å². The van der Waals surface area contributed by atoms with Crippen LogP contribution in [0.2, 0.25) is 0 Å². The van der Waals surface area contributed by atoms with Gasteiger partial charge in [-0.1, -0.05) is 19.9 Å². The van der Waals surface area contributed by atoms with E-state index in [0.29, 0.717) is 18.3 Å². The predicted octanol–water partition coefficient (Wildman–Crippen LogP) is 2.63. The minimum absolute atomic E-state index is 0.0330. The third kappa shape index (κ3) is 3.41. The van der Waals surface area contributed by atoms with Crippen LogP contribution in [0.4, 0.5) is 13.2 Å². The fraction of sp³-hybridized carbons (Fsp3) is 0.429. The first-order valence-corrected chi connectivity index (χ1v) is 6.58. The van der Waals surface area contributed by atoms with Crippen molar-refractivity contribution in [1.82, 2.24) is 14.8 Å². The van der Waals surface area contributed by atoms with Gasteiger partial charge in [0, 0.05) is 18.5 Å². The SMILES string of the molecule is CC(C)Cn1ncnc1CC(O)c1ccc(F)c(F)c1F. The standard InChI is InChI=1S/C14H16F3N3O/c1-8(2)6-20-12(18-7-19-20)5-11(21)9-3-4-10(15)14(17)13(9)16/h3-4,7-8,11,21H,5-6H2,1-2H3. The first kappa shape index (κ1) is 15.5. The molecule has 21 heavy (non-hydrogen) atoms. The van der Waals surface area contributed by atoms with Crippen LogP contribution in [0.25, 0.3) is 0 Å². The van der Waals surface area contributed by atoms with Crippen LogP contribution in [0.15, 0.2) is 18.5 Å². The summed E-state index contributed by atoms with van der Waals surface area (Å²) in [5.41, 5.74) is -0.298. The maximum atomic E-state index is 13.6. The van der Waals surface area contributed by atoms with Crippen molar-refractivity contribution >= 4 is 0 Å². The van der Waals surface area contributed by atoms with E-state index >= 15 is 0 Å². The molecule has 4 nitrogen and oxygen atoms in total. The number of aliphatic hydroxyl groups is 1. The first-order chi connectivity index (χ1) is 9.90. The van der Waals surface area contributed by atoms with Gasteiger partial charge in [0.05, 0.1) is 6.10 Å². The van der Waals surface area contributed by atoms with Crippen molar-refractivity contribution in [2.75, 3.05) is 0 Å². The second kappa shape index (κ2) is 6.26. The van der Waals surface area contributed by atoms with E-state index in [-0.39, 0.29) is 12.0 Å². The Morgan fingerprint density at radius 2 is 1.90 bits per heavy atom. The fourth-order valence-electron chi connectivity index (χ4n) is 2.03. The van der Waals surface area contributed by atoms with E-state index in [1.807, 2.05) is 13.8 Å². The van der Waals surface area contributed by atoms with Gasteiger partial charge < -0.3 is 5.11 Å². The molecule has 0 radical (unpaired) electrons. The summed E-state index contributed by atoms with van der Waals surface area (Å²) in [7, 11) is 0. The summed E-state index contributed by atoms with van der Waals surface area (Å²) in [4.78, 5) is 4.01. The Morgan fingerprint density at radius 3 is 2.57 bits per heavy atom. The summed E-state index contributed by atoms with van der Waals surface area (Å²) in [6, 6.07) is 1.82. The minimum atomic E-state index is -1.59. The molecular weight excluding hydrogens is 283 g/mol. The smallest absolute Gasteiger partial charge is 0.194 e. The summed E-state index contributed by atoms with van der Waals surface area (Å²) in [5, 5.41) is 14.1. The maximum absolute atomic E-state index is 13.6. The summed E-state index contributed by atoms with van der Waals surface area (Å²) in [5.74, 6) is -3.47. The number of nitrogens with zero attached hydrogens (tertiary/aromatic N) is 3. The number of rotatable bonds is 5. The quantitative estimate of drug-likeness (QED) is 0.864. The van der Waals surface area contributed by atoms with Crippen molar-refractivity contribution in [3.63, 3.8) is 0 Å². The van der Waals surface area contributed by atoms with Gasteiger partial charge in [-0.15, -0.1) is 0 Å². The summed E-state index contributed by atoms with van der Waals surface area (Å²) < 4.78 is 41.3. The van der Waals surface area contributed by atoms with Gasteiger partial charge in [0.2, 0.25) is 0 Å². The topological polar surface area (TPSA) is 50.9 Å². The third-order valence-corrected chi connectivity index (χ3v) is 3.03. The normalized spacial score (nSPS) is 12.9. The maximum Gasteiger partial charge on any atom is 0.194 e. The van der Waals surface area contributed by atoms with E-state index in [1.54, 1.807) is 4.68 Å². The van der Waals surface area contributed by atoms with Gasteiger partial charge in [-0.05, 0) is 12.0 Å². The Labute approximate surface area is 120 Å². The molecule has 1 aromatic heterocycles. The van der Waals surface area contributed by atoms with E-state index in [1.165, 1.54) is 6.33 Å².